The van der Waals surface area contributed by atoms with Gasteiger partial charge in [0.1, 0.15) is 0 Å². The van der Waals surface area contributed by atoms with E-state index in [0.717, 1.165) is 57.1 Å². The molecule has 0 unspecified atom stereocenters. The Bertz CT molecular complexity index is 388. The normalized spacial score (nSPS) is 21.0. The first kappa shape index (κ1) is 25.9. The zero-order chi connectivity index (χ0) is 18.0. The smallest absolute Gasteiger partial charge is 2.00 e. The Morgan fingerprint density at radius 3 is 1.46 bits per heavy atom. The zero-order valence-corrected chi connectivity index (χ0v) is 15.2. The van der Waals surface area contributed by atoms with Crippen LogP contribution in [0.3, 0.4) is 0 Å². The fraction of sp³-hybridized carbons (Fsp3) is 0.750. The molecule has 148 valence electrons. The van der Waals surface area contributed by atoms with Crippen molar-refractivity contribution in [3.63, 3.8) is 0 Å². The summed E-state index contributed by atoms with van der Waals surface area (Å²) in [6, 6.07) is 0. The summed E-state index contributed by atoms with van der Waals surface area (Å²) in [6.07, 6.45) is 3.07. The topological polar surface area (TPSA) is 52.9 Å². The predicted octanol–water partition coefficient (Wildman–Crippen LogP) is 5.64. The largest absolute Gasteiger partial charge is 2.00 e. The minimum Gasteiger partial charge on any atom is 2.00 e. The third kappa shape index (κ3) is 29.6. The van der Waals surface area contributed by atoms with E-state index in [1.165, 1.54) is 0 Å². The van der Waals surface area contributed by atoms with Crippen LogP contribution in [0, 0.1) is 6.42 Å². The number of rotatable bonds is 0. The van der Waals surface area contributed by atoms with Gasteiger partial charge in [0.05, 0.1) is 0 Å². The van der Waals surface area contributed by atoms with E-state index in [0.29, 0.717) is 0 Å². The molecule has 0 amide bonds. The molecular weight excluding hydrogens is 404 g/mol. The molecule has 0 atom stereocenters. The molecule has 0 fully saturated rings. The van der Waals surface area contributed by atoms with Gasteiger partial charge in [-0.3, -0.25) is 0 Å². The molecule has 0 N–H and O–H groups in total. The van der Waals surface area contributed by atoms with Crippen LogP contribution in [0.4, 0.5) is 25.2 Å². The van der Waals surface area contributed by atoms with Crippen LogP contribution in [-0.4, -0.2) is 50.7 Å². The van der Waals surface area contributed by atoms with Crippen molar-refractivity contribution in [1.29, 1.82) is 0 Å². The molecule has 1 aliphatic rings. The molecule has 0 aromatic rings. The van der Waals surface area contributed by atoms with Crippen LogP contribution in [0.15, 0.2) is 9.98 Å². The maximum Gasteiger partial charge on any atom is 2.00 e. The molecule has 4 nitrogen and oxygen atoms in total. The summed E-state index contributed by atoms with van der Waals surface area (Å²) >= 11 is 0. The Labute approximate surface area is 148 Å². The molecule has 12 heteroatoms. The van der Waals surface area contributed by atoms with Gasteiger partial charge in [0.2, 0.25) is 0 Å². The van der Waals surface area contributed by atoms with Gasteiger partial charge in [-0.05, 0) is 0 Å². The van der Waals surface area contributed by atoms with E-state index in [1.807, 2.05) is 20.3 Å². The van der Waals surface area contributed by atoms with Crippen LogP contribution < -0.4 is 0 Å². The van der Waals surface area contributed by atoms with Crippen molar-refractivity contribution >= 4 is 19.2 Å². The average molecular weight is 425 g/mol. The number of hydrogen-bond acceptors (Lipinski definition) is 2. The Hall–Kier alpha value is -0.366. The summed E-state index contributed by atoms with van der Waals surface area (Å²) in [4.78, 5) is 8.85. The van der Waals surface area contributed by atoms with Crippen molar-refractivity contribution in [3.8, 4) is 0 Å². The molecule has 0 saturated carbocycles. The Kier molecular flexibility index (Phi) is 10.7. The van der Waals surface area contributed by atoms with Gasteiger partial charge in [-0.1, -0.05) is 20.3 Å². The fourth-order valence-electron chi connectivity index (χ4n) is 1.51. The molecule has 1 rings (SSSR count). The monoisotopic (exact) mass is 424 g/mol. The van der Waals surface area contributed by atoms with E-state index < -0.39 is 7.81 Å². The SMILES string of the molecule is CC1=NCC[N-]CCC[N-]CCN=C(C)[CH-]1.F[P-](F)(F)(F)(F)F.[Ni+2]. The van der Waals surface area contributed by atoms with Gasteiger partial charge in [0.25, 0.3) is 0 Å². The minimum absolute atomic E-state index is 0. The average Bonchev–Trinajstić information content (AvgIpc) is 2.31. The third-order valence-corrected chi connectivity index (χ3v) is 2.29. The predicted molar refractivity (Wildman–Crippen MR) is 84.6 cm³/mol. The summed E-state index contributed by atoms with van der Waals surface area (Å²) in [5.74, 6) is 0. The van der Waals surface area contributed by atoms with Gasteiger partial charge in [-0.15, -0.1) is 24.5 Å². The first-order chi connectivity index (χ1) is 10.2. The van der Waals surface area contributed by atoms with Crippen LogP contribution >= 0.6 is 7.81 Å². The number of hydrogen-bond donors (Lipinski definition) is 0. The summed E-state index contributed by atoms with van der Waals surface area (Å²) in [7, 11) is -10.7. The summed E-state index contributed by atoms with van der Waals surface area (Å²) in [6.45, 7) is 9.04. The van der Waals surface area contributed by atoms with E-state index in [2.05, 4.69) is 20.6 Å². The Morgan fingerprint density at radius 2 is 1.12 bits per heavy atom. The second-order valence-corrected chi connectivity index (χ2v) is 6.76. The van der Waals surface area contributed by atoms with Crippen LogP contribution in [0.2, 0.25) is 0 Å². The van der Waals surface area contributed by atoms with Crippen LogP contribution in [0.1, 0.15) is 20.3 Å². The molecule has 0 saturated heterocycles. The zero-order valence-electron chi connectivity index (χ0n) is 13.3. The fourth-order valence-corrected chi connectivity index (χ4v) is 1.51. The molecular formula is C12H21F6N4NiP-2. The molecule has 0 radical (unpaired) electrons. The van der Waals surface area contributed by atoms with E-state index >= 15 is 0 Å². The molecule has 0 aromatic carbocycles. The molecule has 1 heterocycles. The van der Waals surface area contributed by atoms with Crippen molar-refractivity contribution in [2.24, 2.45) is 9.98 Å². The van der Waals surface area contributed by atoms with Crippen LogP contribution in [0.5, 0.6) is 0 Å². The number of aliphatic imine (C=N–C) groups is 2. The van der Waals surface area contributed by atoms with Crippen molar-refractivity contribution in [1.82, 2.24) is 0 Å². The molecule has 0 aliphatic carbocycles. The standard InChI is InChI=1S/C12H21N4.F6P.Ni/c1-11-10-12(2)16-9-7-14-5-3-4-13-6-8-15-11;1-7(2,3,4,5)6;/h10H,3-9H2,1-2H3;;/q-3;-1;+2. The molecule has 24 heavy (non-hydrogen) atoms. The molecule has 0 spiro atoms. The minimum atomic E-state index is -10.7. The quantitative estimate of drug-likeness (QED) is 0.209. The van der Waals surface area contributed by atoms with Crippen molar-refractivity contribution in [3.05, 3.63) is 17.1 Å². The maximum atomic E-state index is 9.87. The maximum absolute atomic E-state index is 10.7. The van der Waals surface area contributed by atoms with Crippen molar-refractivity contribution in [2.75, 3.05) is 39.3 Å². The first-order valence-corrected chi connectivity index (χ1v) is 8.96. The summed E-state index contributed by atoms with van der Waals surface area (Å²) in [5.41, 5.74) is 2.07. The van der Waals surface area contributed by atoms with Crippen molar-refractivity contribution in [2.45, 2.75) is 20.3 Å². The Morgan fingerprint density at radius 1 is 0.792 bits per heavy atom. The number of halogens is 6. The van der Waals surface area contributed by atoms with Crippen LogP contribution in [0.25, 0.3) is 10.6 Å². The molecule has 1 aliphatic heterocycles. The summed E-state index contributed by atoms with van der Waals surface area (Å²) < 4.78 is 59.2. The second-order valence-electron chi connectivity index (χ2n) is 4.84. The van der Waals surface area contributed by atoms with Crippen LogP contribution in [-0.2, 0) is 16.5 Å². The molecule has 0 aromatic heterocycles. The van der Waals surface area contributed by atoms with Gasteiger partial charge < -0.3 is 27.0 Å². The van der Waals surface area contributed by atoms with Gasteiger partial charge in [0, 0.05) is 13.1 Å². The van der Waals surface area contributed by atoms with E-state index in [4.69, 9.17) is 0 Å². The van der Waals surface area contributed by atoms with Gasteiger partial charge in [-0.2, -0.15) is 13.1 Å². The number of nitrogens with zero attached hydrogens (tertiary/aromatic N) is 4. The summed E-state index contributed by atoms with van der Waals surface area (Å²) in [5, 5.41) is 8.80. The second kappa shape index (κ2) is 9.95. The van der Waals surface area contributed by atoms with Crippen molar-refractivity contribution < 1.29 is 41.7 Å². The van der Waals surface area contributed by atoms with Gasteiger partial charge in [0.15, 0.2) is 0 Å². The first-order valence-electron chi connectivity index (χ1n) is 6.94. The Balaban J connectivity index is 0. The van der Waals surface area contributed by atoms with E-state index in [1.54, 1.807) is 0 Å². The molecule has 0 bridgehead atoms. The van der Waals surface area contributed by atoms with Gasteiger partial charge in [-0.25, -0.2) is 0 Å². The third-order valence-electron chi connectivity index (χ3n) is 2.29. The van der Waals surface area contributed by atoms with E-state index in [-0.39, 0.29) is 16.5 Å². The van der Waals surface area contributed by atoms with Gasteiger partial charge >= 0.3 is 49.5 Å². The van der Waals surface area contributed by atoms with E-state index in [9.17, 15) is 25.2 Å².